The van der Waals surface area contributed by atoms with Gasteiger partial charge in [0.1, 0.15) is 0 Å². The molecule has 160 valence electrons. The first kappa shape index (κ1) is 26.6. The zero-order chi connectivity index (χ0) is 20.3. The minimum Gasteiger partial charge on any atom is -0.469 e. The van der Waals surface area contributed by atoms with Gasteiger partial charge in [-0.1, -0.05) is 18.6 Å². The molecule has 0 saturated carbocycles. The minimum atomic E-state index is -3.21. The van der Waals surface area contributed by atoms with Gasteiger partial charge in [-0.25, -0.2) is 13.4 Å². The van der Waals surface area contributed by atoms with Gasteiger partial charge in [0.15, 0.2) is 15.8 Å². The normalized spacial score (nSPS) is 11.5. The van der Waals surface area contributed by atoms with Crippen molar-refractivity contribution in [1.29, 1.82) is 0 Å². The van der Waals surface area contributed by atoms with E-state index in [-0.39, 0.29) is 29.9 Å². The van der Waals surface area contributed by atoms with Crippen molar-refractivity contribution in [2.24, 2.45) is 4.99 Å². The molecule has 0 radical (unpaired) electrons. The number of guanidine groups is 1. The number of aryl methyl sites for hydroxylation is 1. The molecule has 0 aliphatic rings. The Balaban J connectivity index is 0.00000729. The number of nitrogens with zero attached hydrogens (tertiary/aromatic N) is 1. The summed E-state index contributed by atoms with van der Waals surface area (Å²) in [6.45, 7) is 5.77. The Morgan fingerprint density at radius 1 is 1.18 bits per heavy atom. The number of esters is 1. The number of unbranched alkanes of at least 4 members (excludes halogenated alkanes) is 2. The minimum absolute atomic E-state index is 0. The van der Waals surface area contributed by atoms with Crippen molar-refractivity contribution in [2.45, 2.75) is 51.0 Å². The van der Waals surface area contributed by atoms with E-state index in [0.717, 1.165) is 49.4 Å². The number of nitrogens with one attached hydrogen (secondary N) is 2. The van der Waals surface area contributed by atoms with Crippen molar-refractivity contribution < 1.29 is 17.9 Å². The SMILES string of the molecule is CCNC(=NCc1ccc(S(C)(=O)=O)c(C)c1)NCCCCCC(=O)OC.I. The molecule has 0 unspecified atom stereocenters. The highest BCUT2D eigenvalue weighted by Gasteiger charge is 2.10. The average molecular weight is 525 g/mol. The first-order chi connectivity index (χ1) is 12.8. The quantitative estimate of drug-likeness (QED) is 0.160. The lowest BCUT2D eigenvalue weighted by molar-refractivity contribution is -0.140. The third-order valence-corrected chi connectivity index (χ3v) is 5.24. The van der Waals surface area contributed by atoms with Crippen LogP contribution in [-0.2, 0) is 25.9 Å². The predicted octanol–water partition coefficient (Wildman–Crippen LogP) is 2.81. The third-order valence-electron chi connectivity index (χ3n) is 3.98. The topological polar surface area (TPSA) is 96.9 Å². The van der Waals surface area contributed by atoms with Crippen LogP contribution in [0.25, 0.3) is 0 Å². The number of benzene rings is 1. The predicted molar refractivity (Wildman–Crippen MR) is 123 cm³/mol. The molecule has 28 heavy (non-hydrogen) atoms. The van der Waals surface area contributed by atoms with E-state index in [2.05, 4.69) is 20.4 Å². The summed E-state index contributed by atoms with van der Waals surface area (Å²) in [6.07, 6.45) is 4.35. The summed E-state index contributed by atoms with van der Waals surface area (Å²) in [7, 11) is -1.80. The molecule has 0 bridgehead atoms. The Morgan fingerprint density at radius 3 is 2.46 bits per heavy atom. The summed E-state index contributed by atoms with van der Waals surface area (Å²) >= 11 is 0. The highest BCUT2D eigenvalue weighted by molar-refractivity contribution is 14.0. The number of ether oxygens (including phenoxy) is 1. The van der Waals surface area contributed by atoms with E-state index in [0.29, 0.717) is 17.9 Å². The largest absolute Gasteiger partial charge is 0.469 e. The van der Waals surface area contributed by atoms with E-state index in [1.807, 2.05) is 13.0 Å². The van der Waals surface area contributed by atoms with Crippen molar-refractivity contribution in [3.63, 3.8) is 0 Å². The molecule has 0 atom stereocenters. The number of methoxy groups -OCH3 is 1. The zero-order valence-electron chi connectivity index (χ0n) is 17.1. The van der Waals surface area contributed by atoms with Crippen LogP contribution in [0.3, 0.4) is 0 Å². The lowest BCUT2D eigenvalue weighted by Crippen LogP contribution is -2.37. The van der Waals surface area contributed by atoms with E-state index >= 15 is 0 Å². The molecule has 0 saturated heterocycles. The summed E-state index contributed by atoms with van der Waals surface area (Å²) in [5.74, 6) is 0.547. The number of rotatable bonds is 10. The highest BCUT2D eigenvalue weighted by atomic mass is 127. The molecule has 0 aliphatic carbocycles. The first-order valence-corrected chi connectivity index (χ1v) is 11.1. The van der Waals surface area contributed by atoms with Gasteiger partial charge >= 0.3 is 5.97 Å². The fraction of sp³-hybridized carbons (Fsp3) is 0.579. The number of carbonyl (C=O) groups excluding carboxylic acids is 1. The number of halogens is 1. The average Bonchev–Trinajstić information content (AvgIpc) is 2.61. The van der Waals surface area contributed by atoms with Crippen molar-refractivity contribution in [1.82, 2.24) is 10.6 Å². The maximum absolute atomic E-state index is 11.7. The van der Waals surface area contributed by atoms with Gasteiger partial charge in [0, 0.05) is 25.8 Å². The Bertz CT molecular complexity index is 752. The van der Waals surface area contributed by atoms with Gasteiger partial charge in [-0.3, -0.25) is 4.79 Å². The molecule has 0 spiro atoms. The monoisotopic (exact) mass is 525 g/mol. The lowest BCUT2D eigenvalue weighted by atomic mass is 10.1. The standard InChI is InChI=1S/C19H31N3O4S.HI/c1-5-20-19(21-12-8-6-7-9-18(23)26-3)22-14-16-10-11-17(15(2)13-16)27(4,24)25;/h10-11,13H,5-9,12,14H2,1-4H3,(H2,20,21,22);1H. The van der Waals surface area contributed by atoms with E-state index in [1.165, 1.54) is 13.4 Å². The van der Waals surface area contributed by atoms with Crippen LogP contribution in [-0.4, -0.2) is 46.8 Å². The van der Waals surface area contributed by atoms with Crippen molar-refractivity contribution >= 4 is 45.7 Å². The fourth-order valence-corrected chi connectivity index (χ4v) is 3.58. The molecule has 1 rings (SSSR count). The van der Waals surface area contributed by atoms with Crippen LogP contribution in [0.4, 0.5) is 0 Å². The zero-order valence-corrected chi connectivity index (χ0v) is 20.2. The molecular formula is C19H32IN3O4S. The number of carbonyl (C=O) groups is 1. The Hall–Kier alpha value is -1.36. The van der Waals surface area contributed by atoms with Crippen LogP contribution in [0.1, 0.15) is 43.7 Å². The van der Waals surface area contributed by atoms with Crippen LogP contribution in [0.2, 0.25) is 0 Å². The maximum Gasteiger partial charge on any atom is 0.305 e. The van der Waals surface area contributed by atoms with Gasteiger partial charge in [-0.15, -0.1) is 24.0 Å². The van der Waals surface area contributed by atoms with E-state index in [4.69, 9.17) is 0 Å². The van der Waals surface area contributed by atoms with Gasteiger partial charge in [0.25, 0.3) is 0 Å². The number of hydrogen-bond acceptors (Lipinski definition) is 5. The van der Waals surface area contributed by atoms with Crippen LogP contribution in [0.5, 0.6) is 0 Å². The smallest absolute Gasteiger partial charge is 0.305 e. The fourth-order valence-electron chi connectivity index (χ4n) is 2.62. The molecule has 0 aliphatic heterocycles. The van der Waals surface area contributed by atoms with Crippen molar-refractivity contribution in [2.75, 3.05) is 26.5 Å². The number of hydrogen-bond donors (Lipinski definition) is 2. The summed E-state index contributed by atoms with van der Waals surface area (Å²) in [6, 6.07) is 5.29. The molecule has 0 amide bonds. The van der Waals surface area contributed by atoms with Crippen LogP contribution in [0, 0.1) is 6.92 Å². The summed E-state index contributed by atoms with van der Waals surface area (Å²) in [5, 5.41) is 6.46. The molecule has 0 heterocycles. The molecule has 0 aromatic heterocycles. The second-order valence-corrected chi connectivity index (χ2v) is 8.36. The van der Waals surface area contributed by atoms with E-state index in [9.17, 15) is 13.2 Å². The van der Waals surface area contributed by atoms with Gasteiger partial charge in [-0.05, 0) is 43.9 Å². The highest BCUT2D eigenvalue weighted by Crippen LogP contribution is 2.17. The van der Waals surface area contributed by atoms with Crippen molar-refractivity contribution in [3.05, 3.63) is 29.3 Å². The molecule has 9 heteroatoms. The molecule has 2 N–H and O–H groups in total. The second kappa shape index (κ2) is 13.8. The summed E-state index contributed by atoms with van der Waals surface area (Å²) < 4.78 is 28.0. The Labute approximate surface area is 185 Å². The Morgan fingerprint density at radius 2 is 1.89 bits per heavy atom. The number of sulfone groups is 1. The van der Waals surface area contributed by atoms with Gasteiger partial charge < -0.3 is 15.4 Å². The maximum atomic E-state index is 11.7. The third kappa shape index (κ3) is 10.3. The molecule has 1 aromatic rings. The first-order valence-electron chi connectivity index (χ1n) is 9.16. The van der Waals surface area contributed by atoms with Crippen LogP contribution >= 0.6 is 24.0 Å². The second-order valence-electron chi connectivity index (χ2n) is 6.38. The molecule has 0 fully saturated rings. The van der Waals surface area contributed by atoms with Gasteiger partial charge in [-0.2, -0.15) is 0 Å². The summed E-state index contributed by atoms with van der Waals surface area (Å²) in [5.41, 5.74) is 1.68. The molecule has 1 aromatic carbocycles. The Kier molecular flexibility index (Phi) is 13.1. The van der Waals surface area contributed by atoms with Gasteiger partial charge in [0.05, 0.1) is 18.6 Å². The summed E-state index contributed by atoms with van der Waals surface area (Å²) in [4.78, 5) is 16.0. The van der Waals surface area contributed by atoms with Crippen molar-refractivity contribution in [3.8, 4) is 0 Å². The lowest BCUT2D eigenvalue weighted by Gasteiger charge is -2.11. The molecular weight excluding hydrogens is 493 g/mol. The number of aliphatic imine (C=N–C) groups is 1. The van der Waals surface area contributed by atoms with E-state index in [1.54, 1.807) is 19.1 Å². The van der Waals surface area contributed by atoms with E-state index < -0.39 is 9.84 Å². The van der Waals surface area contributed by atoms with Crippen LogP contribution < -0.4 is 10.6 Å². The van der Waals surface area contributed by atoms with Gasteiger partial charge in [0.2, 0.25) is 0 Å². The van der Waals surface area contributed by atoms with Crippen LogP contribution in [0.15, 0.2) is 28.1 Å². The molecule has 7 nitrogen and oxygen atoms in total.